The third kappa shape index (κ3) is 3.44. The number of hydrogen-bond acceptors (Lipinski definition) is 3. The maximum Gasteiger partial charge on any atom is 0.141 e. The van der Waals surface area contributed by atoms with Crippen LogP contribution in [-0.4, -0.2) is 20.2 Å². The summed E-state index contributed by atoms with van der Waals surface area (Å²) < 4.78 is 5.31. The lowest BCUT2D eigenvalue weighted by Gasteiger charge is -2.13. The molecular weight excluding hydrogens is 248 g/mol. The number of rotatable bonds is 6. The number of hydrogen-bond donors (Lipinski definition) is 2. The van der Waals surface area contributed by atoms with Crippen molar-refractivity contribution in [3.8, 4) is 5.75 Å². The molecular formula is C17H22N2O. The second-order valence-corrected chi connectivity index (χ2v) is 4.80. The van der Waals surface area contributed by atoms with Crippen molar-refractivity contribution in [2.75, 3.05) is 30.8 Å². The van der Waals surface area contributed by atoms with Crippen LogP contribution in [0, 0.1) is 13.8 Å². The van der Waals surface area contributed by atoms with Crippen LogP contribution in [0.4, 0.5) is 11.4 Å². The van der Waals surface area contributed by atoms with Gasteiger partial charge in [-0.3, -0.25) is 0 Å². The van der Waals surface area contributed by atoms with Gasteiger partial charge in [0.1, 0.15) is 5.75 Å². The van der Waals surface area contributed by atoms with Gasteiger partial charge in [0.15, 0.2) is 0 Å². The maximum absolute atomic E-state index is 5.31. The second-order valence-electron chi connectivity index (χ2n) is 4.80. The third-order valence-corrected chi connectivity index (χ3v) is 3.47. The van der Waals surface area contributed by atoms with Crippen LogP contribution < -0.4 is 15.4 Å². The highest BCUT2D eigenvalue weighted by molar-refractivity contribution is 5.57. The van der Waals surface area contributed by atoms with Gasteiger partial charge in [0.25, 0.3) is 0 Å². The predicted molar refractivity (Wildman–Crippen MR) is 85.9 cm³/mol. The Balaban J connectivity index is 1.86. The Morgan fingerprint density at radius 2 is 1.50 bits per heavy atom. The Morgan fingerprint density at radius 3 is 2.25 bits per heavy atom. The van der Waals surface area contributed by atoms with Gasteiger partial charge < -0.3 is 15.4 Å². The Morgan fingerprint density at radius 1 is 0.850 bits per heavy atom. The number of para-hydroxylation sites is 2. The normalized spacial score (nSPS) is 10.2. The van der Waals surface area contributed by atoms with Crippen molar-refractivity contribution >= 4 is 11.4 Å². The van der Waals surface area contributed by atoms with Crippen molar-refractivity contribution < 1.29 is 4.74 Å². The fourth-order valence-corrected chi connectivity index (χ4v) is 2.13. The summed E-state index contributed by atoms with van der Waals surface area (Å²) >= 11 is 0. The van der Waals surface area contributed by atoms with Crippen molar-refractivity contribution in [3.63, 3.8) is 0 Å². The lowest BCUT2D eigenvalue weighted by atomic mass is 10.1. The van der Waals surface area contributed by atoms with E-state index >= 15 is 0 Å². The minimum atomic E-state index is 0.841. The van der Waals surface area contributed by atoms with Gasteiger partial charge in [-0.1, -0.05) is 24.3 Å². The highest BCUT2D eigenvalue weighted by Gasteiger charge is 2.01. The number of ether oxygens (including phenoxy) is 1. The van der Waals surface area contributed by atoms with E-state index < -0.39 is 0 Å². The van der Waals surface area contributed by atoms with E-state index in [1.165, 1.54) is 16.8 Å². The molecule has 0 bridgehead atoms. The molecule has 0 aromatic heterocycles. The smallest absolute Gasteiger partial charge is 0.141 e. The topological polar surface area (TPSA) is 33.3 Å². The van der Waals surface area contributed by atoms with Gasteiger partial charge in [-0.05, 0) is 43.2 Å². The molecule has 2 rings (SSSR count). The first-order valence-electron chi connectivity index (χ1n) is 6.89. The van der Waals surface area contributed by atoms with Gasteiger partial charge in [-0.15, -0.1) is 0 Å². The van der Waals surface area contributed by atoms with Gasteiger partial charge in [0, 0.05) is 18.8 Å². The van der Waals surface area contributed by atoms with Crippen molar-refractivity contribution in [2.24, 2.45) is 0 Å². The second kappa shape index (κ2) is 6.85. The molecule has 0 aliphatic rings. The standard InChI is InChI=1S/C17H22N2O/c1-13-7-6-9-15(14(13)2)18-11-12-19-16-8-4-5-10-17(16)20-3/h4-10,18-19H,11-12H2,1-3H3. The zero-order valence-electron chi connectivity index (χ0n) is 12.4. The van der Waals surface area contributed by atoms with E-state index in [2.05, 4.69) is 42.7 Å². The molecule has 2 aromatic rings. The van der Waals surface area contributed by atoms with Gasteiger partial charge in [-0.25, -0.2) is 0 Å². The molecule has 0 heterocycles. The monoisotopic (exact) mass is 270 g/mol. The molecule has 0 unspecified atom stereocenters. The summed E-state index contributed by atoms with van der Waals surface area (Å²) in [5.41, 5.74) is 4.85. The molecule has 0 amide bonds. The average Bonchev–Trinajstić information content (AvgIpc) is 2.48. The Bertz CT molecular complexity index is 567. The van der Waals surface area contributed by atoms with Crippen LogP contribution >= 0.6 is 0 Å². The first-order valence-corrected chi connectivity index (χ1v) is 6.89. The number of anilines is 2. The van der Waals surface area contributed by atoms with Crippen LogP contribution in [0.1, 0.15) is 11.1 Å². The highest BCUT2D eigenvalue weighted by atomic mass is 16.5. The van der Waals surface area contributed by atoms with Crippen LogP contribution in [-0.2, 0) is 0 Å². The first-order chi connectivity index (χ1) is 9.72. The van der Waals surface area contributed by atoms with E-state index in [-0.39, 0.29) is 0 Å². The minimum absolute atomic E-state index is 0.841. The number of benzene rings is 2. The molecule has 0 saturated carbocycles. The molecule has 0 fully saturated rings. The number of aryl methyl sites for hydroxylation is 1. The summed E-state index contributed by atoms with van der Waals surface area (Å²) in [4.78, 5) is 0. The molecule has 2 N–H and O–H groups in total. The molecule has 2 aromatic carbocycles. The van der Waals surface area contributed by atoms with E-state index in [4.69, 9.17) is 4.74 Å². The summed E-state index contributed by atoms with van der Waals surface area (Å²) in [5.74, 6) is 0.874. The van der Waals surface area contributed by atoms with E-state index in [0.29, 0.717) is 0 Å². The maximum atomic E-state index is 5.31. The van der Waals surface area contributed by atoms with Crippen LogP contribution in [0.25, 0.3) is 0 Å². The van der Waals surface area contributed by atoms with Crippen LogP contribution in [0.5, 0.6) is 5.75 Å². The van der Waals surface area contributed by atoms with Crippen LogP contribution in [0.15, 0.2) is 42.5 Å². The minimum Gasteiger partial charge on any atom is -0.495 e. The van der Waals surface area contributed by atoms with Crippen molar-refractivity contribution in [2.45, 2.75) is 13.8 Å². The lowest BCUT2D eigenvalue weighted by Crippen LogP contribution is -2.14. The molecule has 0 atom stereocenters. The summed E-state index contributed by atoms with van der Waals surface area (Å²) in [6.07, 6.45) is 0. The molecule has 0 saturated heterocycles. The van der Waals surface area contributed by atoms with Crippen molar-refractivity contribution in [1.29, 1.82) is 0 Å². The molecule has 0 radical (unpaired) electrons. The quantitative estimate of drug-likeness (QED) is 0.783. The zero-order chi connectivity index (χ0) is 14.4. The summed E-state index contributed by atoms with van der Waals surface area (Å²) in [6.45, 7) is 5.98. The summed E-state index contributed by atoms with van der Waals surface area (Å²) in [5, 5.41) is 6.84. The van der Waals surface area contributed by atoms with Gasteiger partial charge in [0.2, 0.25) is 0 Å². The molecule has 3 heteroatoms. The highest BCUT2D eigenvalue weighted by Crippen LogP contribution is 2.22. The van der Waals surface area contributed by atoms with Crippen molar-refractivity contribution in [1.82, 2.24) is 0 Å². The first kappa shape index (κ1) is 14.3. The van der Waals surface area contributed by atoms with Gasteiger partial charge in [-0.2, -0.15) is 0 Å². The molecule has 106 valence electrons. The lowest BCUT2D eigenvalue weighted by molar-refractivity contribution is 0.416. The summed E-state index contributed by atoms with van der Waals surface area (Å²) in [6, 6.07) is 14.3. The third-order valence-electron chi connectivity index (χ3n) is 3.47. The molecule has 0 aliphatic carbocycles. The Labute approximate surface area is 121 Å². The molecule has 0 aliphatic heterocycles. The van der Waals surface area contributed by atoms with E-state index in [1.54, 1.807) is 7.11 Å². The zero-order valence-corrected chi connectivity index (χ0v) is 12.4. The summed E-state index contributed by atoms with van der Waals surface area (Å²) in [7, 11) is 1.69. The Hall–Kier alpha value is -2.16. The predicted octanol–water partition coefficient (Wildman–Crippen LogP) is 3.84. The fraction of sp³-hybridized carbons (Fsp3) is 0.294. The average molecular weight is 270 g/mol. The molecule has 0 spiro atoms. The van der Waals surface area contributed by atoms with Gasteiger partial charge in [0.05, 0.1) is 12.8 Å². The van der Waals surface area contributed by atoms with Gasteiger partial charge >= 0.3 is 0 Å². The van der Waals surface area contributed by atoms with E-state index in [9.17, 15) is 0 Å². The fourth-order valence-electron chi connectivity index (χ4n) is 2.13. The number of methoxy groups -OCH3 is 1. The van der Waals surface area contributed by atoms with Crippen LogP contribution in [0.3, 0.4) is 0 Å². The van der Waals surface area contributed by atoms with E-state index in [1.807, 2.05) is 24.3 Å². The largest absolute Gasteiger partial charge is 0.495 e. The van der Waals surface area contributed by atoms with Crippen molar-refractivity contribution in [3.05, 3.63) is 53.6 Å². The van der Waals surface area contributed by atoms with Crippen LogP contribution in [0.2, 0.25) is 0 Å². The molecule has 3 nitrogen and oxygen atoms in total. The number of nitrogens with one attached hydrogen (secondary N) is 2. The molecule has 20 heavy (non-hydrogen) atoms. The van der Waals surface area contributed by atoms with E-state index in [0.717, 1.165) is 24.5 Å². The SMILES string of the molecule is COc1ccccc1NCCNc1cccc(C)c1C. The Kier molecular flexibility index (Phi) is 4.88.